The summed E-state index contributed by atoms with van der Waals surface area (Å²) in [5.74, 6) is 0.00630. The number of esters is 1. The van der Waals surface area contributed by atoms with E-state index in [1.807, 2.05) is 37.3 Å². The summed E-state index contributed by atoms with van der Waals surface area (Å²) < 4.78 is 16.0. The van der Waals surface area contributed by atoms with E-state index in [0.29, 0.717) is 5.75 Å². The van der Waals surface area contributed by atoms with Crippen molar-refractivity contribution in [2.45, 2.75) is 43.4 Å². The number of thioether (sulfide) groups is 1. The van der Waals surface area contributed by atoms with E-state index in [4.69, 9.17) is 9.47 Å². The Bertz CT molecular complexity index is 497. The third-order valence-corrected chi connectivity index (χ3v) is 4.64. The highest BCUT2D eigenvalue weighted by molar-refractivity contribution is 7.99. The summed E-state index contributed by atoms with van der Waals surface area (Å²) in [7, 11) is 1.21. The molecule has 0 saturated carbocycles. The molecule has 1 aromatic carbocycles. The minimum atomic E-state index is -1.39. The average Bonchev–Trinajstić information content (AvgIpc) is 2.58. The fraction of sp³-hybridized carbons (Fsp3) is 0.562. The van der Waals surface area contributed by atoms with E-state index in [0.717, 1.165) is 5.56 Å². The van der Waals surface area contributed by atoms with Gasteiger partial charge in [0, 0.05) is 0 Å². The Kier molecular flexibility index (Phi) is 6.86. The van der Waals surface area contributed by atoms with E-state index in [9.17, 15) is 15.0 Å². The molecule has 0 bridgehead atoms. The fourth-order valence-corrected chi connectivity index (χ4v) is 3.35. The van der Waals surface area contributed by atoms with Gasteiger partial charge in [0.2, 0.25) is 0 Å². The quantitative estimate of drug-likeness (QED) is 0.744. The molecule has 1 saturated heterocycles. The van der Waals surface area contributed by atoms with Gasteiger partial charge in [-0.3, -0.25) is 0 Å². The minimum Gasteiger partial charge on any atom is -0.467 e. The zero-order valence-corrected chi connectivity index (χ0v) is 13.9. The first-order valence-electron chi connectivity index (χ1n) is 7.45. The predicted octanol–water partition coefficient (Wildman–Crippen LogP) is 0.945. The molecule has 0 spiro atoms. The third-order valence-electron chi connectivity index (χ3n) is 3.60. The first-order valence-corrected chi connectivity index (χ1v) is 8.50. The summed E-state index contributed by atoms with van der Waals surface area (Å²) in [6.07, 6.45) is -4.58. The number of hydrogen-bond donors (Lipinski definition) is 2. The first kappa shape index (κ1) is 18.2. The number of rotatable bonds is 6. The van der Waals surface area contributed by atoms with Crippen molar-refractivity contribution in [3.05, 3.63) is 35.9 Å². The normalized spacial score (nSPS) is 30.9. The minimum absolute atomic E-state index is 0.280. The third kappa shape index (κ3) is 4.45. The highest BCUT2D eigenvalue weighted by atomic mass is 32.2. The second-order valence-electron chi connectivity index (χ2n) is 5.15. The van der Waals surface area contributed by atoms with Crippen LogP contribution in [-0.2, 0) is 25.6 Å². The number of ether oxygens (including phenoxy) is 3. The Morgan fingerprint density at radius 1 is 1.26 bits per heavy atom. The standard InChI is InChI=1S/C16H22O6S/c1-3-23-16-14(21-9-10-7-5-4-6-8-10)12(18)11(17)13(22-16)15(19)20-2/h4-8,11-14,16-18H,3,9H2,1-2H3. The monoisotopic (exact) mass is 342 g/mol. The number of carbonyl (C=O) groups excluding carboxylic acids is 1. The molecule has 1 aliphatic rings. The lowest BCUT2D eigenvalue weighted by atomic mass is 9.99. The second kappa shape index (κ2) is 8.65. The van der Waals surface area contributed by atoms with Crippen LogP contribution in [0.15, 0.2) is 30.3 Å². The molecule has 0 aromatic heterocycles. The molecule has 0 radical (unpaired) electrons. The molecule has 5 unspecified atom stereocenters. The van der Waals surface area contributed by atoms with Crippen molar-refractivity contribution < 1.29 is 29.2 Å². The summed E-state index contributed by atoms with van der Waals surface area (Å²) in [6, 6.07) is 9.51. The van der Waals surface area contributed by atoms with Gasteiger partial charge in [-0.2, -0.15) is 0 Å². The van der Waals surface area contributed by atoms with Crippen molar-refractivity contribution in [1.29, 1.82) is 0 Å². The van der Waals surface area contributed by atoms with Gasteiger partial charge in [0.25, 0.3) is 0 Å². The molecule has 0 amide bonds. The zero-order valence-electron chi connectivity index (χ0n) is 13.1. The lowest BCUT2D eigenvalue weighted by molar-refractivity contribution is -0.222. The van der Waals surface area contributed by atoms with Crippen LogP contribution in [0.4, 0.5) is 0 Å². The van der Waals surface area contributed by atoms with Gasteiger partial charge in [-0.15, -0.1) is 11.8 Å². The zero-order chi connectivity index (χ0) is 16.8. The maximum absolute atomic E-state index is 11.7. The Balaban J connectivity index is 2.08. The van der Waals surface area contributed by atoms with Gasteiger partial charge in [-0.1, -0.05) is 37.3 Å². The van der Waals surface area contributed by atoms with Crippen LogP contribution >= 0.6 is 11.8 Å². The summed E-state index contributed by atoms with van der Waals surface area (Å²) >= 11 is 1.41. The molecule has 128 valence electrons. The Morgan fingerprint density at radius 3 is 2.57 bits per heavy atom. The van der Waals surface area contributed by atoms with Crippen LogP contribution in [0.2, 0.25) is 0 Å². The molecule has 23 heavy (non-hydrogen) atoms. The van der Waals surface area contributed by atoms with Gasteiger partial charge in [0.1, 0.15) is 23.7 Å². The second-order valence-corrected chi connectivity index (χ2v) is 6.52. The summed E-state index contributed by atoms with van der Waals surface area (Å²) in [5, 5.41) is 20.5. The van der Waals surface area contributed by atoms with Crippen molar-refractivity contribution in [1.82, 2.24) is 0 Å². The van der Waals surface area contributed by atoms with E-state index in [1.165, 1.54) is 18.9 Å². The first-order chi connectivity index (χ1) is 11.1. The fourth-order valence-electron chi connectivity index (χ4n) is 2.39. The molecular formula is C16H22O6S. The largest absolute Gasteiger partial charge is 0.467 e. The molecule has 1 aliphatic heterocycles. The van der Waals surface area contributed by atoms with Crippen LogP contribution in [0.25, 0.3) is 0 Å². The van der Waals surface area contributed by atoms with Crippen molar-refractivity contribution in [3.8, 4) is 0 Å². The maximum Gasteiger partial charge on any atom is 0.337 e. The van der Waals surface area contributed by atoms with Gasteiger partial charge in [0.05, 0.1) is 13.7 Å². The predicted molar refractivity (Wildman–Crippen MR) is 85.8 cm³/mol. The van der Waals surface area contributed by atoms with Crippen LogP contribution in [0.5, 0.6) is 0 Å². The van der Waals surface area contributed by atoms with Crippen LogP contribution in [0.1, 0.15) is 12.5 Å². The number of hydrogen-bond acceptors (Lipinski definition) is 7. The highest BCUT2D eigenvalue weighted by Gasteiger charge is 2.48. The number of aliphatic hydroxyl groups is 2. The molecule has 1 aromatic rings. The molecular weight excluding hydrogens is 320 g/mol. The van der Waals surface area contributed by atoms with Crippen LogP contribution < -0.4 is 0 Å². The van der Waals surface area contributed by atoms with E-state index >= 15 is 0 Å². The number of benzene rings is 1. The molecule has 5 atom stereocenters. The van der Waals surface area contributed by atoms with Gasteiger partial charge in [-0.05, 0) is 11.3 Å². The average molecular weight is 342 g/mol. The van der Waals surface area contributed by atoms with Gasteiger partial charge >= 0.3 is 5.97 Å². The smallest absolute Gasteiger partial charge is 0.337 e. The van der Waals surface area contributed by atoms with Gasteiger partial charge in [-0.25, -0.2) is 4.79 Å². The number of carbonyl (C=O) groups is 1. The lowest BCUT2D eigenvalue weighted by Crippen LogP contribution is -2.59. The Morgan fingerprint density at radius 2 is 1.96 bits per heavy atom. The van der Waals surface area contributed by atoms with Crippen molar-refractivity contribution in [2.24, 2.45) is 0 Å². The van der Waals surface area contributed by atoms with E-state index in [2.05, 4.69) is 4.74 Å². The summed E-state index contributed by atoms with van der Waals surface area (Å²) in [4.78, 5) is 11.7. The van der Waals surface area contributed by atoms with Crippen molar-refractivity contribution in [3.63, 3.8) is 0 Å². The molecule has 6 nitrogen and oxygen atoms in total. The Hall–Kier alpha value is -1.12. The number of aliphatic hydroxyl groups excluding tert-OH is 2. The lowest BCUT2D eigenvalue weighted by Gasteiger charge is -2.41. The summed E-state index contributed by atoms with van der Waals surface area (Å²) in [6.45, 7) is 2.22. The van der Waals surface area contributed by atoms with E-state index < -0.39 is 35.8 Å². The molecule has 1 heterocycles. The van der Waals surface area contributed by atoms with Crippen molar-refractivity contribution in [2.75, 3.05) is 12.9 Å². The van der Waals surface area contributed by atoms with E-state index in [1.54, 1.807) is 0 Å². The number of methoxy groups -OCH3 is 1. The summed E-state index contributed by atoms with van der Waals surface area (Å²) in [5.41, 5.74) is 0.385. The molecule has 1 fully saturated rings. The van der Waals surface area contributed by atoms with Crippen LogP contribution in [0, 0.1) is 0 Å². The Labute approximate surface area is 139 Å². The van der Waals surface area contributed by atoms with Gasteiger partial charge < -0.3 is 24.4 Å². The van der Waals surface area contributed by atoms with Crippen LogP contribution in [-0.4, -0.2) is 58.9 Å². The van der Waals surface area contributed by atoms with Gasteiger partial charge in [0.15, 0.2) is 6.10 Å². The highest BCUT2D eigenvalue weighted by Crippen LogP contribution is 2.31. The molecule has 2 rings (SSSR count). The maximum atomic E-state index is 11.7. The SMILES string of the molecule is CCSC1OC(C(=O)OC)C(O)C(O)C1OCc1ccccc1. The van der Waals surface area contributed by atoms with E-state index in [-0.39, 0.29) is 6.61 Å². The van der Waals surface area contributed by atoms with Crippen LogP contribution in [0.3, 0.4) is 0 Å². The topological polar surface area (TPSA) is 85.2 Å². The molecule has 0 aliphatic carbocycles. The molecule has 7 heteroatoms. The van der Waals surface area contributed by atoms with Crippen molar-refractivity contribution >= 4 is 17.7 Å². The molecule has 2 N–H and O–H groups in total.